The van der Waals surface area contributed by atoms with Gasteiger partial charge in [0.2, 0.25) is 0 Å². The Labute approximate surface area is 215 Å². The fourth-order valence-corrected chi connectivity index (χ4v) is 4.32. The lowest BCUT2D eigenvalue weighted by molar-refractivity contribution is -0.233. The summed E-state index contributed by atoms with van der Waals surface area (Å²) in [5.41, 5.74) is 4.93. The minimum Gasteiger partial charge on any atom is -0.394 e. The third kappa shape index (κ3) is 5.95. The van der Waals surface area contributed by atoms with Gasteiger partial charge in [0.1, 0.15) is 24.4 Å². The molecule has 8 nitrogen and oxygen atoms in total. The molecule has 8 heteroatoms. The highest BCUT2D eigenvalue weighted by molar-refractivity contribution is 5.96. The molecule has 3 aromatic rings. The normalized spacial score (nSPS) is 23.4. The van der Waals surface area contributed by atoms with Crippen molar-refractivity contribution in [2.75, 3.05) is 6.61 Å². The number of aliphatic hydroxyl groups is 4. The molecule has 1 saturated heterocycles. The Balaban J connectivity index is 1.41. The van der Waals surface area contributed by atoms with Gasteiger partial charge in [0, 0.05) is 17.5 Å². The first kappa shape index (κ1) is 26.7. The van der Waals surface area contributed by atoms with Gasteiger partial charge in [-0.25, -0.2) is 0 Å². The molecule has 0 bridgehead atoms. The topological polar surface area (TPSA) is 136 Å². The summed E-state index contributed by atoms with van der Waals surface area (Å²) in [5, 5.41) is 41.7. The molecule has 1 heterocycles. The zero-order valence-electron chi connectivity index (χ0n) is 20.4. The third-order valence-electron chi connectivity index (χ3n) is 6.55. The number of Topliss-reactive ketones (excluding diaryl/α,β-unsaturated/α-hetero) is 1. The Morgan fingerprint density at radius 1 is 0.730 bits per heavy atom. The highest BCUT2D eigenvalue weighted by atomic mass is 16.6. The number of nitrogens with one attached hydrogen (secondary N) is 1. The molecule has 0 aliphatic carbocycles. The quantitative estimate of drug-likeness (QED) is 0.297. The van der Waals surface area contributed by atoms with E-state index in [0.717, 1.165) is 34.2 Å². The number of ketones is 1. The number of rotatable bonds is 8. The predicted molar refractivity (Wildman–Crippen MR) is 138 cm³/mol. The highest BCUT2D eigenvalue weighted by Gasteiger charge is 2.44. The maximum absolute atomic E-state index is 12.7. The van der Waals surface area contributed by atoms with Crippen molar-refractivity contribution < 1.29 is 34.8 Å². The van der Waals surface area contributed by atoms with Crippen molar-refractivity contribution in [3.05, 3.63) is 83.9 Å². The summed E-state index contributed by atoms with van der Waals surface area (Å²) in [6.45, 7) is 1.41. The lowest BCUT2D eigenvalue weighted by atomic mass is 9.97. The summed E-state index contributed by atoms with van der Waals surface area (Å²) in [6.07, 6.45) is -5.62. The van der Waals surface area contributed by atoms with Gasteiger partial charge in [0.25, 0.3) is 5.91 Å². The van der Waals surface area contributed by atoms with Gasteiger partial charge in [-0.2, -0.15) is 0 Å². The molecule has 5 unspecified atom stereocenters. The van der Waals surface area contributed by atoms with Crippen LogP contribution in [0.25, 0.3) is 22.3 Å². The molecule has 0 spiro atoms. The Hall–Kier alpha value is -3.40. The molecule has 37 heavy (non-hydrogen) atoms. The van der Waals surface area contributed by atoms with Gasteiger partial charge in [-0.1, -0.05) is 67.6 Å². The lowest BCUT2D eigenvalue weighted by Crippen LogP contribution is -2.63. The van der Waals surface area contributed by atoms with Crippen LogP contribution < -0.4 is 5.32 Å². The van der Waals surface area contributed by atoms with Crippen molar-refractivity contribution >= 4 is 11.7 Å². The second-order valence-corrected chi connectivity index (χ2v) is 9.13. The number of carbonyl (C=O) groups excluding carboxylic acids is 2. The molecule has 1 fully saturated rings. The van der Waals surface area contributed by atoms with Crippen LogP contribution in [0, 0.1) is 0 Å². The number of hydrogen-bond donors (Lipinski definition) is 5. The monoisotopic (exact) mass is 505 g/mol. The van der Waals surface area contributed by atoms with Gasteiger partial charge >= 0.3 is 0 Å². The van der Waals surface area contributed by atoms with E-state index < -0.39 is 43.2 Å². The molecule has 0 saturated carbocycles. The van der Waals surface area contributed by atoms with Crippen molar-refractivity contribution in [1.29, 1.82) is 0 Å². The van der Waals surface area contributed by atoms with Gasteiger partial charge in [-0.3, -0.25) is 9.59 Å². The smallest absolute Gasteiger partial charge is 0.253 e. The van der Waals surface area contributed by atoms with Crippen LogP contribution >= 0.6 is 0 Å². The first-order chi connectivity index (χ1) is 17.8. The van der Waals surface area contributed by atoms with Crippen LogP contribution in [0.1, 0.15) is 40.5 Å². The van der Waals surface area contributed by atoms with Gasteiger partial charge < -0.3 is 30.5 Å². The fourth-order valence-electron chi connectivity index (χ4n) is 4.32. The maximum Gasteiger partial charge on any atom is 0.253 e. The van der Waals surface area contributed by atoms with E-state index in [2.05, 4.69) is 5.32 Å². The van der Waals surface area contributed by atoms with Gasteiger partial charge in [-0.05, 0) is 40.8 Å². The number of aliphatic hydroxyl groups excluding tert-OH is 4. The zero-order valence-corrected chi connectivity index (χ0v) is 20.4. The molecule has 1 amide bonds. The lowest BCUT2D eigenvalue weighted by Gasteiger charge is -2.40. The van der Waals surface area contributed by atoms with Crippen LogP contribution in [-0.2, 0) is 4.74 Å². The second kappa shape index (κ2) is 11.8. The molecule has 1 aliphatic rings. The first-order valence-electron chi connectivity index (χ1n) is 12.3. The summed E-state index contributed by atoms with van der Waals surface area (Å²) in [5.74, 6) is -0.387. The summed E-state index contributed by atoms with van der Waals surface area (Å²) in [4.78, 5) is 24.7. The number of carbonyl (C=O) groups is 2. The van der Waals surface area contributed by atoms with Crippen molar-refractivity contribution in [3.63, 3.8) is 0 Å². The van der Waals surface area contributed by atoms with Crippen molar-refractivity contribution in [3.8, 4) is 22.3 Å². The minimum absolute atomic E-state index is 0.148. The average Bonchev–Trinajstić information content (AvgIpc) is 2.93. The molecule has 5 N–H and O–H groups in total. The molecule has 1 aliphatic heterocycles. The summed E-state index contributed by atoms with van der Waals surface area (Å²) < 4.78 is 5.33. The Kier molecular flexibility index (Phi) is 8.48. The van der Waals surface area contributed by atoms with E-state index in [1.165, 1.54) is 0 Å². The van der Waals surface area contributed by atoms with Crippen LogP contribution in [0.5, 0.6) is 0 Å². The van der Waals surface area contributed by atoms with E-state index in [4.69, 9.17) is 4.74 Å². The van der Waals surface area contributed by atoms with Crippen LogP contribution in [0.4, 0.5) is 0 Å². The van der Waals surface area contributed by atoms with Crippen molar-refractivity contribution in [2.24, 2.45) is 0 Å². The van der Waals surface area contributed by atoms with Crippen LogP contribution in [0.2, 0.25) is 0 Å². The average molecular weight is 506 g/mol. The van der Waals surface area contributed by atoms with Gasteiger partial charge in [0.05, 0.1) is 6.61 Å². The molecular weight excluding hydrogens is 474 g/mol. The molecule has 0 aromatic heterocycles. The largest absolute Gasteiger partial charge is 0.394 e. The maximum atomic E-state index is 12.7. The summed E-state index contributed by atoms with van der Waals surface area (Å²) >= 11 is 0. The number of benzene rings is 3. The van der Waals surface area contributed by atoms with Crippen molar-refractivity contribution in [2.45, 2.75) is 50.4 Å². The SMILES string of the molecule is CCCC(=O)c1ccc(-c2ccc(-c3ccc(C(=O)NC4OC(CO)C(O)C(O)C4O)cc3)cc2)cc1. The van der Waals surface area contributed by atoms with Crippen LogP contribution in [-0.4, -0.2) is 69.4 Å². The van der Waals surface area contributed by atoms with Crippen LogP contribution in [0.15, 0.2) is 72.8 Å². The fraction of sp³-hybridized carbons (Fsp3) is 0.310. The second-order valence-electron chi connectivity index (χ2n) is 9.13. The molecular formula is C29H31NO7. The predicted octanol–water partition coefficient (Wildman–Crippen LogP) is 2.53. The number of hydrogen-bond acceptors (Lipinski definition) is 7. The number of ether oxygens (including phenoxy) is 1. The van der Waals surface area contributed by atoms with E-state index in [0.29, 0.717) is 12.0 Å². The van der Waals surface area contributed by atoms with E-state index in [1.807, 2.05) is 55.5 Å². The number of amides is 1. The Bertz CT molecular complexity index is 1210. The molecule has 0 radical (unpaired) electrons. The van der Waals surface area contributed by atoms with Gasteiger partial charge in [0.15, 0.2) is 12.0 Å². The summed E-state index contributed by atoms with van der Waals surface area (Å²) in [7, 11) is 0. The first-order valence-corrected chi connectivity index (χ1v) is 12.3. The highest BCUT2D eigenvalue weighted by Crippen LogP contribution is 2.26. The van der Waals surface area contributed by atoms with Crippen molar-refractivity contribution in [1.82, 2.24) is 5.32 Å². The zero-order chi connectivity index (χ0) is 26.5. The van der Waals surface area contributed by atoms with E-state index in [1.54, 1.807) is 24.3 Å². The Morgan fingerprint density at radius 2 is 1.19 bits per heavy atom. The van der Waals surface area contributed by atoms with E-state index in [-0.39, 0.29) is 5.78 Å². The molecule has 5 atom stereocenters. The molecule has 194 valence electrons. The molecule has 4 rings (SSSR count). The standard InChI is InChI=1S/C29H31NO7/c1-2-3-23(32)21-12-8-19(9-13-21)17-4-6-18(7-5-17)20-10-14-22(15-11-20)28(36)30-29-27(35)26(34)25(33)24(16-31)37-29/h4-15,24-27,29,31,33-35H,2-3,16H2,1H3,(H,30,36). The third-order valence-corrected chi connectivity index (χ3v) is 6.55. The molecule has 3 aromatic carbocycles. The van der Waals surface area contributed by atoms with Crippen LogP contribution in [0.3, 0.4) is 0 Å². The summed E-state index contributed by atoms with van der Waals surface area (Å²) in [6, 6.07) is 22.4. The van der Waals surface area contributed by atoms with Gasteiger partial charge in [-0.15, -0.1) is 0 Å². The Morgan fingerprint density at radius 3 is 1.65 bits per heavy atom. The minimum atomic E-state index is -1.57. The van der Waals surface area contributed by atoms with E-state index in [9.17, 15) is 30.0 Å². The van der Waals surface area contributed by atoms with E-state index >= 15 is 0 Å².